The van der Waals surface area contributed by atoms with Gasteiger partial charge in [0.1, 0.15) is 5.78 Å². The molecule has 0 aromatic heterocycles. The van der Waals surface area contributed by atoms with E-state index in [1.54, 1.807) is 9.80 Å². The largest absolute Gasteiger partial charge is 0.416 e. The molecule has 2 heterocycles. The molecule has 2 atom stereocenters. The SMILES string of the molecule is CC(=O)N1CCN(C(=O)Cc2ccc(C(F)(F)F)cc2)C(CN2CCC(C(=O)Cc3ccc(C(F)(F)F)cc3)C2)C1. The summed E-state index contributed by atoms with van der Waals surface area (Å²) in [5, 5.41) is 0. The molecule has 0 spiro atoms. The smallest absolute Gasteiger partial charge is 0.339 e. The number of ketones is 1. The Bertz CT molecular complexity index is 1240. The minimum Gasteiger partial charge on any atom is -0.339 e. The van der Waals surface area contributed by atoms with E-state index in [1.807, 2.05) is 4.90 Å². The fraction of sp³-hybridized carbons (Fsp3) is 0.483. The Morgan fingerprint density at radius 2 is 1.29 bits per heavy atom. The summed E-state index contributed by atoms with van der Waals surface area (Å²) in [7, 11) is 0. The third-order valence-electron chi connectivity index (χ3n) is 7.74. The molecule has 222 valence electrons. The van der Waals surface area contributed by atoms with E-state index in [-0.39, 0.29) is 48.9 Å². The Labute approximate surface area is 233 Å². The number of piperazine rings is 1. The van der Waals surface area contributed by atoms with Crippen LogP contribution in [0.1, 0.15) is 35.6 Å². The monoisotopic (exact) mass is 583 g/mol. The van der Waals surface area contributed by atoms with Crippen molar-refractivity contribution in [3.8, 4) is 0 Å². The van der Waals surface area contributed by atoms with Crippen LogP contribution in [0.2, 0.25) is 0 Å². The topological polar surface area (TPSA) is 60.9 Å². The predicted molar refractivity (Wildman–Crippen MR) is 138 cm³/mol. The number of benzene rings is 2. The lowest BCUT2D eigenvalue weighted by molar-refractivity contribution is -0.142. The summed E-state index contributed by atoms with van der Waals surface area (Å²) in [5.74, 6) is -0.763. The molecule has 12 heteroatoms. The van der Waals surface area contributed by atoms with E-state index in [0.717, 1.165) is 24.3 Å². The summed E-state index contributed by atoms with van der Waals surface area (Å²) >= 11 is 0. The molecule has 0 radical (unpaired) electrons. The van der Waals surface area contributed by atoms with Gasteiger partial charge in [0.15, 0.2) is 0 Å². The van der Waals surface area contributed by atoms with E-state index >= 15 is 0 Å². The van der Waals surface area contributed by atoms with E-state index < -0.39 is 23.5 Å². The standard InChI is InChI=1S/C29H31F6N3O3/c1-19(39)37-12-13-38(27(41)15-21-4-8-24(9-5-21)29(33,34)35)25(18-37)17-36-11-10-22(16-36)26(40)14-20-2-6-23(7-3-20)28(30,31)32/h2-9,22,25H,10-18H2,1H3. The van der Waals surface area contributed by atoms with E-state index in [1.165, 1.54) is 31.2 Å². The van der Waals surface area contributed by atoms with Crippen molar-refractivity contribution in [2.45, 2.75) is 44.6 Å². The summed E-state index contributed by atoms with van der Waals surface area (Å²) in [6.45, 7) is 3.80. The Morgan fingerprint density at radius 1 is 0.756 bits per heavy atom. The number of halogens is 6. The van der Waals surface area contributed by atoms with Gasteiger partial charge in [-0.3, -0.25) is 14.4 Å². The van der Waals surface area contributed by atoms with Crippen LogP contribution in [0.25, 0.3) is 0 Å². The second-order valence-electron chi connectivity index (χ2n) is 10.7. The number of carbonyl (C=O) groups is 3. The van der Waals surface area contributed by atoms with Crippen LogP contribution in [0.3, 0.4) is 0 Å². The van der Waals surface area contributed by atoms with E-state index in [9.17, 15) is 40.7 Å². The number of alkyl halides is 6. The van der Waals surface area contributed by atoms with Crippen LogP contribution >= 0.6 is 0 Å². The van der Waals surface area contributed by atoms with Crippen molar-refractivity contribution >= 4 is 17.6 Å². The number of hydrogen-bond donors (Lipinski definition) is 0. The Kier molecular flexibility index (Phi) is 9.10. The minimum atomic E-state index is -4.47. The second-order valence-corrected chi connectivity index (χ2v) is 10.7. The first-order valence-corrected chi connectivity index (χ1v) is 13.3. The molecule has 2 fully saturated rings. The molecule has 2 aliphatic heterocycles. The average molecular weight is 584 g/mol. The molecule has 2 amide bonds. The summed E-state index contributed by atoms with van der Waals surface area (Å²) in [6.07, 6.45) is -8.40. The number of amides is 2. The molecular formula is C29H31F6N3O3. The zero-order valence-electron chi connectivity index (χ0n) is 22.5. The van der Waals surface area contributed by atoms with Gasteiger partial charge in [0.05, 0.1) is 23.6 Å². The highest BCUT2D eigenvalue weighted by atomic mass is 19.4. The van der Waals surface area contributed by atoms with Crippen molar-refractivity contribution in [1.29, 1.82) is 0 Å². The van der Waals surface area contributed by atoms with Crippen molar-refractivity contribution < 1.29 is 40.7 Å². The lowest BCUT2D eigenvalue weighted by Gasteiger charge is -2.42. The summed E-state index contributed by atoms with van der Waals surface area (Å²) < 4.78 is 77.1. The fourth-order valence-electron chi connectivity index (χ4n) is 5.43. The molecule has 2 aromatic rings. The molecule has 2 aliphatic rings. The first-order chi connectivity index (χ1) is 19.2. The number of Topliss-reactive ketones (excluding diaryl/α,β-unsaturated/α-hetero) is 1. The predicted octanol–water partition coefficient (Wildman–Crippen LogP) is 4.46. The van der Waals surface area contributed by atoms with Gasteiger partial charge in [-0.25, -0.2) is 0 Å². The van der Waals surface area contributed by atoms with Crippen molar-refractivity contribution in [3.63, 3.8) is 0 Å². The number of rotatable bonds is 7. The van der Waals surface area contributed by atoms with Crippen LogP contribution < -0.4 is 0 Å². The molecule has 2 aromatic carbocycles. The molecule has 0 saturated carbocycles. The van der Waals surface area contributed by atoms with Gasteiger partial charge in [0.25, 0.3) is 0 Å². The van der Waals surface area contributed by atoms with Gasteiger partial charge in [-0.15, -0.1) is 0 Å². The second kappa shape index (κ2) is 12.2. The van der Waals surface area contributed by atoms with Crippen LogP contribution in [-0.2, 0) is 39.6 Å². The summed E-state index contributed by atoms with van der Waals surface area (Å²) in [5.41, 5.74) is -0.611. The van der Waals surface area contributed by atoms with Crippen LogP contribution in [0.4, 0.5) is 26.3 Å². The lowest BCUT2D eigenvalue weighted by Crippen LogP contribution is -2.59. The quantitative estimate of drug-likeness (QED) is 0.452. The van der Waals surface area contributed by atoms with Crippen LogP contribution in [0, 0.1) is 5.92 Å². The highest BCUT2D eigenvalue weighted by Gasteiger charge is 2.36. The Balaban J connectivity index is 1.37. The highest BCUT2D eigenvalue weighted by molar-refractivity contribution is 5.84. The van der Waals surface area contributed by atoms with Crippen LogP contribution in [0.5, 0.6) is 0 Å². The van der Waals surface area contributed by atoms with Gasteiger partial charge in [-0.05, 0) is 48.4 Å². The van der Waals surface area contributed by atoms with E-state index in [0.29, 0.717) is 50.3 Å². The molecule has 2 saturated heterocycles. The van der Waals surface area contributed by atoms with Gasteiger partial charge in [-0.2, -0.15) is 26.3 Å². The van der Waals surface area contributed by atoms with Crippen molar-refractivity contribution in [2.75, 3.05) is 39.3 Å². The fourth-order valence-corrected chi connectivity index (χ4v) is 5.43. The van der Waals surface area contributed by atoms with Gasteiger partial charge < -0.3 is 14.7 Å². The van der Waals surface area contributed by atoms with Gasteiger partial charge in [-0.1, -0.05) is 24.3 Å². The molecule has 6 nitrogen and oxygen atoms in total. The third kappa shape index (κ3) is 7.87. The van der Waals surface area contributed by atoms with E-state index in [4.69, 9.17) is 0 Å². The maximum Gasteiger partial charge on any atom is 0.416 e. The molecule has 4 rings (SSSR count). The van der Waals surface area contributed by atoms with Crippen LogP contribution in [0.15, 0.2) is 48.5 Å². The summed E-state index contributed by atoms with van der Waals surface area (Å²) in [6, 6.07) is 8.65. The van der Waals surface area contributed by atoms with Crippen molar-refractivity contribution in [3.05, 3.63) is 70.8 Å². The highest BCUT2D eigenvalue weighted by Crippen LogP contribution is 2.30. The zero-order valence-corrected chi connectivity index (χ0v) is 22.5. The third-order valence-corrected chi connectivity index (χ3v) is 7.74. The molecular weight excluding hydrogens is 552 g/mol. The molecule has 0 aliphatic carbocycles. The maximum atomic E-state index is 13.2. The molecule has 2 unspecified atom stereocenters. The Morgan fingerprint density at radius 3 is 1.80 bits per heavy atom. The molecule has 0 N–H and O–H groups in total. The summed E-state index contributed by atoms with van der Waals surface area (Å²) in [4.78, 5) is 43.5. The number of likely N-dealkylation sites (tertiary alicyclic amines) is 1. The molecule has 41 heavy (non-hydrogen) atoms. The number of carbonyl (C=O) groups excluding carboxylic acids is 3. The van der Waals surface area contributed by atoms with Gasteiger partial charge in [0, 0.05) is 52.0 Å². The van der Waals surface area contributed by atoms with E-state index in [2.05, 4.69) is 0 Å². The van der Waals surface area contributed by atoms with Crippen molar-refractivity contribution in [1.82, 2.24) is 14.7 Å². The van der Waals surface area contributed by atoms with Gasteiger partial charge in [0.2, 0.25) is 11.8 Å². The normalized spacial score (nSPS) is 20.4. The lowest BCUT2D eigenvalue weighted by atomic mass is 9.96. The van der Waals surface area contributed by atoms with Crippen molar-refractivity contribution in [2.24, 2.45) is 5.92 Å². The average Bonchev–Trinajstić information content (AvgIpc) is 3.37. The van der Waals surface area contributed by atoms with Crippen LogP contribution in [-0.4, -0.2) is 77.6 Å². The zero-order chi connectivity index (χ0) is 29.9. The number of hydrogen-bond acceptors (Lipinski definition) is 4. The maximum absolute atomic E-state index is 13.2. The Hall–Kier alpha value is -3.41. The minimum absolute atomic E-state index is 0.0237. The first kappa shape index (κ1) is 30.5. The van der Waals surface area contributed by atoms with Gasteiger partial charge >= 0.3 is 12.4 Å². The molecule has 0 bridgehead atoms. The number of nitrogens with zero attached hydrogens (tertiary/aromatic N) is 3. The first-order valence-electron chi connectivity index (χ1n) is 13.3.